The van der Waals surface area contributed by atoms with Crippen LogP contribution in [0.1, 0.15) is 89.9 Å². The maximum absolute atomic E-state index is 12.8. The lowest BCUT2D eigenvalue weighted by atomic mass is 9.79. The highest BCUT2D eigenvalue weighted by atomic mass is 16.7. The molecule has 4 N–H and O–H groups in total. The van der Waals surface area contributed by atoms with Gasteiger partial charge in [0.25, 0.3) is 0 Å². The third kappa shape index (κ3) is 5.41. The molecule has 6 aliphatic rings. The predicted molar refractivity (Wildman–Crippen MR) is 127 cm³/mol. The van der Waals surface area contributed by atoms with Crippen LogP contribution in [0.5, 0.6) is 0 Å². The lowest BCUT2D eigenvalue weighted by Gasteiger charge is -2.35. The van der Waals surface area contributed by atoms with Crippen molar-refractivity contribution in [1.82, 2.24) is 21.5 Å². The van der Waals surface area contributed by atoms with Crippen molar-refractivity contribution in [2.75, 3.05) is 6.79 Å². The number of urea groups is 1. The Kier molecular flexibility index (Phi) is 7.31. The van der Waals surface area contributed by atoms with Crippen molar-refractivity contribution in [3.63, 3.8) is 0 Å². The Labute approximate surface area is 203 Å². The molecule has 2 heterocycles. The molecule has 0 aromatic carbocycles. The molecule has 2 saturated heterocycles. The molecule has 10 atom stereocenters. The second kappa shape index (κ2) is 10.6. The van der Waals surface area contributed by atoms with Crippen LogP contribution in [-0.4, -0.2) is 49.6 Å². The van der Waals surface area contributed by atoms with Crippen LogP contribution in [0.25, 0.3) is 0 Å². The molecule has 0 aromatic heterocycles. The standard InChI is InChI=1S/C26H44N4O4/c31-26(28-21-9-8-17-3-1-4-18(17)13-21)27-20-6-2-5-19(14-20)25-30-29-24(34-25)12-16-7-10-22-23(11-16)33-15-32-22/h16-25,29-30H,1-15H2,(H2,27,28,31). The van der Waals surface area contributed by atoms with Gasteiger partial charge in [-0.25, -0.2) is 15.6 Å². The van der Waals surface area contributed by atoms with Crippen LogP contribution in [0.2, 0.25) is 0 Å². The van der Waals surface area contributed by atoms with E-state index in [-0.39, 0.29) is 30.6 Å². The van der Waals surface area contributed by atoms with Gasteiger partial charge >= 0.3 is 6.03 Å². The summed E-state index contributed by atoms with van der Waals surface area (Å²) in [7, 11) is 0. The first-order valence-corrected chi connectivity index (χ1v) is 14.2. The first-order valence-electron chi connectivity index (χ1n) is 14.2. The molecule has 192 valence electrons. The van der Waals surface area contributed by atoms with Crippen LogP contribution in [0, 0.1) is 23.7 Å². The largest absolute Gasteiger partial charge is 0.349 e. The van der Waals surface area contributed by atoms with Crippen LogP contribution >= 0.6 is 0 Å². The fourth-order valence-corrected chi connectivity index (χ4v) is 7.92. The van der Waals surface area contributed by atoms with Gasteiger partial charge in [0.1, 0.15) is 19.2 Å². The Morgan fingerprint density at radius 1 is 0.735 bits per heavy atom. The van der Waals surface area contributed by atoms with Gasteiger partial charge in [0, 0.05) is 18.0 Å². The molecule has 8 nitrogen and oxygen atoms in total. The number of rotatable bonds is 5. The van der Waals surface area contributed by atoms with E-state index < -0.39 is 0 Å². The fourth-order valence-electron chi connectivity index (χ4n) is 7.92. The Bertz CT molecular complexity index is 710. The minimum Gasteiger partial charge on any atom is -0.349 e. The van der Waals surface area contributed by atoms with Crippen LogP contribution < -0.4 is 21.5 Å². The Morgan fingerprint density at radius 3 is 2.44 bits per heavy atom. The first-order chi connectivity index (χ1) is 16.7. The Hall–Kier alpha value is -0.930. The van der Waals surface area contributed by atoms with Gasteiger partial charge in [-0.15, -0.1) is 0 Å². The van der Waals surface area contributed by atoms with Crippen molar-refractivity contribution in [2.45, 2.75) is 127 Å². The highest BCUT2D eigenvalue weighted by Crippen LogP contribution is 2.42. The van der Waals surface area contributed by atoms with E-state index in [0.29, 0.717) is 30.8 Å². The molecule has 6 rings (SSSR count). The molecule has 2 amide bonds. The summed E-state index contributed by atoms with van der Waals surface area (Å²) in [6.45, 7) is 0.459. The molecular weight excluding hydrogens is 432 g/mol. The molecule has 10 unspecified atom stereocenters. The number of hydrogen-bond acceptors (Lipinski definition) is 6. The zero-order chi connectivity index (χ0) is 22.9. The minimum atomic E-state index is 0.0257. The van der Waals surface area contributed by atoms with E-state index in [2.05, 4.69) is 21.5 Å². The highest BCUT2D eigenvalue weighted by molar-refractivity contribution is 5.74. The van der Waals surface area contributed by atoms with E-state index in [1.165, 1.54) is 38.5 Å². The maximum atomic E-state index is 12.8. The normalized spacial score (nSPS) is 46.6. The van der Waals surface area contributed by atoms with Crippen LogP contribution in [0.3, 0.4) is 0 Å². The summed E-state index contributed by atoms with van der Waals surface area (Å²) >= 11 is 0. The van der Waals surface area contributed by atoms with Gasteiger partial charge in [-0.05, 0) is 82.0 Å². The molecule has 0 bridgehead atoms. The Morgan fingerprint density at radius 2 is 1.50 bits per heavy atom. The summed E-state index contributed by atoms with van der Waals surface area (Å²) in [5.74, 6) is 2.81. The first kappa shape index (κ1) is 23.5. The average molecular weight is 477 g/mol. The fraction of sp³-hybridized carbons (Fsp3) is 0.962. The average Bonchev–Trinajstić information content (AvgIpc) is 3.59. The van der Waals surface area contributed by atoms with Crippen molar-refractivity contribution in [3.8, 4) is 0 Å². The van der Waals surface area contributed by atoms with E-state index in [1.807, 2.05) is 0 Å². The number of hydrazine groups is 1. The topological polar surface area (TPSA) is 92.9 Å². The molecular formula is C26H44N4O4. The van der Waals surface area contributed by atoms with Crippen LogP contribution in [0.15, 0.2) is 0 Å². The molecule has 0 spiro atoms. The van der Waals surface area contributed by atoms with Crippen LogP contribution in [0.4, 0.5) is 4.79 Å². The lowest BCUT2D eigenvalue weighted by molar-refractivity contribution is -0.0281. The SMILES string of the molecule is O=C(NC1CCC2CCCC2C1)NC1CCCC(C2NNC(CC3CCC4OCOC4C3)O2)C1. The lowest BCUT2D eigenvalue weighted by Crippen LogP contribution is -2.50. The minimum absolute atomic E-state index is 0.0257. The molecule has 4 saturated carbocycles. The quantitative estimate of drug-likeness (QED) is 0.485. The zero-order valence-corrected chi connectivity index (χ0v) is 20.5. The second-order valence-electron chi connectivity index (χ2n) is 12.0. The molecule has 6 fully saturated rings. The molecule has 2 aliphatic heterocycles. The number of carbonyl (C=O) groups excluding carboxylic acids is 1. The summed E-state index contributed by atoms with van der Waals surface area (Å²) in [6, 6.07) is 0.637. The molecule has 34 heavy (non-hydrogen) atoms. The summed E-state index contributed by atoms with van der Waals surface area (Å²) in [4.78, 5) is 12.8. The van der Waals surface area contributed by atoms with Gasteiger partial charge in [-0.1, -0.05) is 25.7 Å². The van der Waals surface area contributed by atoms with Crippen molar-refractivity contribution >= 4 is 6.03 Å². The van der Waals surface area contributed by atoms with E-state index in [9.17, 15) is 4.79 Å². The summed E-state index contributed by atoms with van der Waals surface area (Å²) < 4.78 is 17.8. The maximum Gasteiger partial charge on any atom is 0.315 e. The van der Waals surface area contributed by atoms with E-state index in [4.69, 9.17) is 14.2 Å². The Balaban J connectivity index is 0.927. The summed E-state index contributed by atoms with van der Waals surface area (Å²) in [5.41, 5.74) is 6.81. The molecule has 4 aliphatic carbocycles. The van der Waals surface area contributed by atoms with E-state index in [1.54, 1.807) is 0 Å². The third-order valence-electron chi connectivity index (χ3n) is 9.75. The van der Waals surface area contributed by atoms with Crippen molar-refractivity contribution in [1.29, 1.82) is 0 Å². The number of carbonyl (C=O) groups is 1. The smallest absolute Gasteiger partial charge is 0.315 e. The number of amides is 2. The summed E-state index contributed by atoms with van der Waals surface area (Å²) in [5, 5.41) is 6.60. The van der Waals surface area contributed by atoms with Gasteiger partial charge < -0.3 is 24.8 Å². The van der Waals surface area contributed by atoms with Gasteiger partial charge in [0.15, 0.2) is 0 Å². The number of nitrogens with one attached hydrogen (secondary N) is 4. The zero-order valence-electron chi connectivity index (χ0n) is 20.5. The molecule has 0 aromatic rings. The second-order valence-corrected chi connectivity index (χ2v) is 12.0. The van der Waals surface area contributed by atoms with Gasteiger partial charge in [-0.2, -0.15) is 0 Å². The molecule has 0 radical (unpaired) electrons. The summed E-state index contributed by atoms with van der Waals surface area (Å²) in [6.07, 6.45) is 17.1. The van der Waals surface area contributed by atoms with Gasteiger partial charge in [-0.3, -0.25) is 0 Å². The van der Waals surface area contributed by atoms with Gasteiger partial charge in [0.05, 0.1) is 12.2 Å². The predicted octanol–water partition coefficient (Wildman–Crippen LogP) is 3.52. The van der Waals surface area contributed by atoms with Gasteiger partial charge in [0.2, 0.25) is 0 Å². The molecule has 8 heteroatoms. The highest BCUT2D eigenvalue weighted by Gasteiger charge is 2.40. The van der Waals surface area contributed by atoms with Crippen molar-refractivity contribution in [3.05, 3.63) is 0 Å². The number of ether oxygens (including phenoxy) is 3. The van der Waals surface area contributed by atoms with Crippen molar-refractivity contribution < 1.29 is 19.0 Å². The van der Waals surface area contributed by atoms with Crippen LogP contribution in [-0.2, 0) is 14.2 Å². The monoisotopic (exact) mass is 476 g/mol. The third-order valence-corrected chi connectivity index (χ3v) is 9.75. The number of fused-ring (bicyclic) bond motifs is 2. The van der Waals surface area contributed by atoms with E-state index >= 15 is 0 Å². The number of hydrogen-bond donors (Lipinski definition) is 4. The van der Waals surface area contributed by atoms with Crippen molar-refractivity contribution in [2.24, 2.45) is 23.7 Å². The van der Waals surface area contributed by atoms with E-state index in [0.717, 1.165) is 63.2 Å².